The number of carbonyl (C=O) groups excluding carboxylic acids is 1. The van der Waals surface area contributed by atoms with Gasteiger partial charge in [-0.05, 0) is 45.1 Å². The van der Waals surface area contributed by atoms with Crippen LogP contribution in [0.1, 0.15) is 26.3 Å². The van der Waals surface area contributed by atoms with Gasteiger partial charge in [0.25, 0.3) is 0 Å². The van der Waals surface area contributed by atoms with Crippen LogP contribution in [0.15, 0.2) is 29.4 Å². The number of para-hydroxylation sites is 1. The van der Waals surface area contributed by atoms with Crippen LogP contribution in [0.5, 0.6) is 5.75 Å². The monoisotopic (exact) mass is 308 g/mol. The molecule has 0 saturated heterocycles. The Hall–Kier alpha value is -2.15. The van der Waals surface area contributed by atoms with Crippen molar-refractivity contribution < 1.29 is 14.6 Å². The van der Waals surface area contributed by atoms with Crippen molar-refractivity contribution >= 4 is 29.5 Å². The summed E-state index contributed by atoms with van der Waals surface area (Å²) in [5, 5.41) is 17.8. The second-order valence-electron chi connectivity index (χ2n) is 5.27. The first-order valence-electron chi connectivity index (χ1n) is 6.31. The normalized spacial score (nSPS) is 11.2. The highest BCUT2D eigenvalue weighted by Crippen LogP contribution is 2.15. The number of carbonyl (C=O) groups is 1. The number of benzene rings is 1. The number of hydrogen-bond acceptors (Lipinski definition) is 5. The van der Waals surface area contributed by atoms with Gasteiger partial charge in [-0.2, -0.15) is 5.10 Å². The van der Waals surface area contributed by atoms with Crippen molar-refractivity contribution in [2.45, 2.75) is 26.3 Å². The molecule has 0 saturated carbocycles. The van der Waals surface area contributed by atoms with E-state index in [1.165, 1.54) is 6.21 Å². The number of nitrogens with one attached hydrogen (secondary N) is 2. The van der Waals surface area contributed by atoms with Gasteiger partial charge in [0.15, 0.2) is 5.11 Å². The van der Waals surface area contributed by atoms with Gasteiger partial charge in [-0.15, -0.1) is 0 Å². The molecule has 1 aromatic rings. The van der Waals surface area contributed by atoms with E-state index in [0.29, 0.717) is 16.4 Å². The van der Waals surface area contributed by atoms with Crippen LogP contribution in [0.25, 0.3) is 0 Å². The Morgan fingerprint density at radius 1 is 1.43 bits per heavy atom. The van der Waals surface area contributed by atoms with Crippen molar-refractivity contribution in [3.63, 3.8) is 0 Å². The van der Waals surface area contributed by atoms with Gasteiger partial charge in [-0.1, -0.05) is 12.1 Å². The molecule has 0 unspecified atom stereocenters. The van der Waals surface area contributed by atoms with Gasteiger partial charge in [0.1, 0.15) is 12.4 Å². The zero-order valence-corrected chi connectivity index (χ0v) is 13.0. The van der Waals surface area contributed by atoms with Crippen LogP contribution in [-0.4, -0.2) is 29.4 Å². The Bertz CT molecular complexity index is 539. The first-order valence-corrected chi connectivity index (χ1v) is 6.71. The average Bonchev–Trinajstić information content (AvgIpc) is 2.35. The Labute approximate surface area is 129 Å². The van der Waals surface area contributed by atoms with Gasteiger partial charge in [-0.3, -0.25) is 5.43 Å². The summed E-state index contributed by atoms with van der Waals surface area (Å²) in [7, 11) is 0. The fourth-order valence-corrected chi connectivity index (χ4v) is 1.74. The number of thiocarbonyl (C=S) groups is 1. The van der Waals surface area contributed by atoms with E-state index in [1.54, 1.807) is 24.3 Å². The Morgan fingerprint density at radius 2 is 2.10 bits per heavy atom. The predicted octanol–water partition coefficient (Wildman–Crippen LogP) is 0.412. The van der Waals surface area contributed by atoms with E-state index in [0.717, 1.165) is 0 Å². The minimum Gasteiger partial charge on any atom is -0.546 e. The van der Waals surface area contributed by atoms with Gasteiger partial charge >= 0.3 is 0 Å². The molecule has 0 heterocycles. The Morgan fingerprint density at radius 3 is 2.71 bits per heavy atom. The molecular formula is C14H18N3O3S-. The van der Waals surface area contributed by atoms with Gasteiger partial charge < -0.3 is 20.0 Å². The first-order chi connectivity index (χ1) is 9.78. The van der Waals surface area contributed by atoms with Crippen LogP contribution >= 0.6 is 12.2 Å². The van der Waals surface area contributed by atoms with E-state index in [1.807, 2.05) is 20.8 Å². The molecule has 0 aliphatic heterocycles. The number of hydrogen-bond donors (Lipinski definition) is 2. The Kier molecular flexibility index (Phi) is 6.10. The maximum absolute atomic E-state index is 10.4. The topological polar surface area (TPSA) is 85.8 Å². The molecule has 1 aromatic carbocycles. The van der Waals surface area contributed by atoms with Gasteiger partial charge in [0, 0.05) is 11.1 Å². The van der Waals surface area contributed by atoms with E-state index in [4.69, 9.17) is 17.0 Å². The maximum atomic E-state index is 10.4. The van der Waals surface area contributed by atoms with Crippen LogP contribution in [0, 0.1) is 0 Å². The number of aliphatic carboxylic acids is 1. The zero-order chi connectivity index (χ0) is 15.9. The summed E-state index contributed by atoms with van der Waals surface area (Å²) in [4.78, 5) is 10.4. The van der Waals surface area contributed by atoms with E-state index in [-0.39, 0.29) is 5.54 Å². The van der Waals surface area contributed by atoms with Crippen LogP contribution in [0.3, 0.4) is 0 Å². The second-order valence-corrected chi connectivity index (χ2v) is 5.68. The maximum Gasteiger partial charge on any atom is 0.187 e. The third kappa shape index (κ3) is 7.26. The molecule has 6 nitrogen and oxygen atoms in total. The standard InChI is InChI=1S/C14H19N3O3S/c1-14(2,3)16-13(21)17-15-8-10-6-4-5-7-11(10)20-9-12(18)19/h4-8H,9H2,1-3H3,(H,18,19)(H2,16,17,21)/p-1/b15-8-. The molecule has 0 bridgehead atoms. The lowest BCUT2D eigenvalue weighted by molar-refractivity contribution is -0.307. The molecule has 0 spiro atoms. The van der Waals surface area contributed by atoms with Crippen LogP contribution in [0.4, 0.5) is 0 Å². The van der Waals surface area contributed by atoms with E-state index in [9.17, 15) is 9.90 Å². The molecule has 7 heteroatoms. The highest BCUT2D eigenvalue weighted by Gasteiger charge is 2.10. The molecule has 114 valence electrons. The number of hydrazone groups is 1. The summed E-state index contributed by atoms with van der Waals surface area (Å²) in [5.41, 5.74) is 3.16. The molecule has 0 aromatic heterocycles. The SMILES string of the molecule is CC(C)(C)NC(=S)N/N=C\c1ccccc1OCC(=O)[O-]. The highest BCUT2D eigenvalue weighted by atomic mass is 32.1. The summed E-state index contributed by atoms with van der Waals surface area (Å²) in [6.07, 6.45) is 1.50. The van der Waals surface area contributed by atoms with Crippen molar-refractivity contribution in [2.24, 2.45) is 5.10 Å². The quantitative estimate of drug-likeness (QED) is 0.465. The number of ether oxygens (including phenoxy) is 1. The Balaban J connectivity index is 2.63. The fraction of sp³-hybridized carbons (Fsp3) is 0.357. The number of nitrogens with zero attached hydrogens (tertiary/aromatic N) is 1. The zero-order valence-electron chi connectivity index (χ0n) is 12.2. The minimum atomic E-state index is -1.28. The van der Waals surface area contributed by atoms with Crippen molar-refractivity contribution in [1.29, 1.82) is 0 Å². The van der Waals surface area contributed by atoms with Crippen LogP contribution < -0.4 is 20.6 Å². The molecule has 1 rings (SSSR count). The van der Waals surface area contributed by atoms with Crippen LogP contribution in [-0.2, 0) is 4.79 Å². The van der Waals surface area contributed by atoms with Gasteiger partial charge in [0.2, 0.25) is 0 Å². The number of carboxylic acid groups (broad SMARTS) is 1. The van der Waals surface area contributed by atoms with Crippen molar-refractivity contribution in [3.05, 3.63) is 29.8 Å². The minimum absolute atomic E-state index is 0.158. The molecule has 2 N–H and O–H groups in total. The van der Waals surface area contributed by atoms with Gasteiger partial charge in [-0.25, -0.2) is 0 Å². The molecular weight excluding hydrogens is 290 g/mol. The van der Waals surface area contributed by atoms with Crippen molar-refractivity contribution in [1.82, 2.24) is 10.7 Å². The summed E-state index contributed by atoms with van der Waals surface area (Å²) in [5.74, 6) is -0.877. The lowest BCUT2D eigenvalue weighted by Crippen LogP contribution is -2.44. The smallest absolute Gasteiger partial charge is 0.187 e. The second kappa shape index (κ2) is 7.58. The summed E-state index contributed by atoms with van der Waals surface area (Å²) >= 11 is 5.08. The molecule has 0 atom stereocenters. The predicted molar refractivity (Wildman–Crippen MR) is 83.2 cm³/mol. The average molecular weight is 308 g/mol. The summed E-state index contributed by atoms with van der Waals surface area (Å²) in [6.45, 7) is 5.43. The third-order valence-electron chi connectivity index (χ3n) is 2.12. The summed E-state index contributed by atoms with van der Waals surface area (Å²) < 4.78 is 5.11. The summed E-state index contributed by atoms with van der Waals surface area (Å²) in [6, 6.07) is 6.92. The molecule has 0 aliphatic carbocycles. The van der Waals surface area contributed by atoms with Crippen molar-refractivity contribution in [3.8, 4) is 5.75 Å². The molecule has 21 heavy (non-hydrogen) atoms. The lowest BCUT2D eigenvalue weighted by Gasteiger charge is -2.21. The van der Waals surface area contributed by atoms with E-state index in [2.05, 4.69) is 15.8 Å². The van der Waals surface area contributed by atoms with Gasteiger partial charge in [0.05, 0.1) is 12.2 Å². The van der Waals surface area contributed by atoms with Crippen LogP contribution in [0.2, 0.25) is 0 Å². The third-order valence-corrected chi connectivity index (χ3v) is 2.32. The molecule has 0 radical (unpaired) electrons. The largest absolute Gasteiger partial charge is 0.546 e. The van der Waals surface area contributed by atoms with E-state index < -0.39 is 12.6 Å². The van der Waals surface area contributed by atoms with E-state index >= 15 is 0 Å². The molecule has 0 fully saturated rings. The molecule has 0 aliphatic rings. The fourth-order valence-electron chi connectivity index (χ4n) is 1.38. The van der Waals surface area contributed by atoms with Crippen molar-refractivity contribution in [2.75, 3.05) is 6.61 Å². The highest BCUT2D eigenvalue weighted by molar-refractivity contribution is 7.80. The number of carboxylic acids is 1. The number of rotatable bonds is 5. The molecule has 0 amide bonds. The lowest BCUT2D eigenvalue weighted by atomic mass is 10.1. The first kappa shape index (κ1) is 16.9.